The van der Waals surface area contributed by atoms with Crippen molar-refractivity contribution in [2.45, 2.75) is 0 Å². The molecule has 9 heteroatoms. The van der Waals surface area contributed by atoms with Gasteiger partial charge in [0.1, 0.15) is 29.7 Å². The minimum absolute atomic E-state index is 0.0288. The molecule has 1 heterocycles. The maximum Gasteiger partial charge on any atom is 0.271 e. The van der Waals surface area contributed by atoms with Crippen LogP contribution < -0.4 is 5.32 Å². The van der Waals surface area contributed by atoms with Crippen LogP contribution in [-0.4, -0.2) is 14.9 Å². The molecule has 128 valence electrons. The van der Waals surface area contributed by atoms with Crippen LogP contribution in [0.25, 0.3) is 22.4 Å². The largest absolute Gasteiger partial charge is 0.345 e. The number of rotatable bonds is 4. The third kappa shape index (κ3) is 3.41. The van der Waals surface area contributed by atoms with Gasteiger partial charge in [0.25, 0.3) is 5.69 Å². The van der Waals surface area contributed by atoms with Crippen LogP contribution in [0.5, 0.6) is 0 Å². The molecule has 0 radical (unpaired) electrons. The van der Waals surface area contributed by atoms with Crippen LogP contribution in [0.3, 0.4) is 0 Å². The number of hydrogen-bond donors (Lipinski definition) is 2. The molecule has 3 rings (SSSR count). The van der Waals surface area contributed by atoms with Crippen molar-refractivity contribution >= 4 is 22.4 Å². The highest BCUT2D eigenvalue weighted by atomic mass is 16.6. The van der Waals surface area contributed by atoms with Gasteiger partial charge in [0.15, 0.2) is 5.57 Å². The molecule has 0 saturated heterocycles. The summed E-state index contributed by atoms with van der Waals surface area (Å²) in [6.45, 7) is 0. The summed E-state index contributed by atoms with van der Waals surface area (Å²) in [5.74, 6) is 0.530. The number of aromatic amines is 1. The smallest absolute Gasteiger partial charge is 0.271 e. The standard InChI is InChI=1S/C18H9N7O2/c19-8-12(9-20)17(10-21)22-13-3-1-11(2-4-13)18-23-15-6-5-14(25(26)27)7-16(15)24-18/h1-7,22H,(H,23,24). The van der Waals surface area contributed by atoms with E-state index >= 15 is 0 Å². The zero-order valence-corrected chi connectivity index (χ0v) is 13.6. The van der Waals surface area contributed by atoms with Crippen LogP contribution in [0.15, 0.2) is 53.7 Å². The summed E-state index contributed by atoms with van der Waals surface area (Å²) in [5.41, 5.74) is 1.92. The van der Waals surface area contributed by atoms with E-state index in [2.05, 4.69) is 15.3 Å². The summed E-state index contributed by atoms with van der Waals surface area (Å²) < 4.78 is 0. The van der Waals surface area contributed by atoms with Crippen LogP contribution in [-0.2, 0) is 0 Å². The first kappa shape index (κ1) is 17.2. The predicted molar refractivity (Wildman–Crippen MR) is 95.7 cm³/mol. The fourth-order valence-corrected chi connectivity index (χ4v) is 2.39. The number of nitrogens with zero attached hydrogens (tertiary/aromatic N) is 5. The number of aromatic nitrogens is 2. The van der Waals surface area contributed by atoms with Gasteiger partial charge in [0, 0.05) is 23.4 Å². The van der Waals surface area contributed by atoms with Gasteiger partial charge >= 0.3 is 0 Å². The first-order valence-corrected chi connectivity index (χ1v) is 7.52. The molecular weight excluding hydrogens is 346 g/mol. The molecule has 0 aliphatic heterocycles. The predicted octanol–water partition coefficient (Wildman–Crippen LogP) is 3.37. The van der Waals surface area contributed by atoms with Crippen molar-refractivity contribution in [2.24, 2.45) is 0 Å². The minimum Gasteiger partial charge on any atom is -0.345 e. The topological polar surface area (TPSA) is 155 Å². The first-order valence-electron chi connectivity index (χ1n) is 7.52. The van der Waals surface area contributed by atoms with Crippen LogP contribution in [0.2, 0.25) is 0 Å². The van der Waals surface area contributed by atoms with Crippen molar-refractivity contribution in [3.05, 3.63) is 63.8 Å². The molecule has 2 N–H and O–H groups in total. The molecule has 1 aromatic heterocycles. The van der Waals surface area contributed by atoms with Crippen molar-refractivity contribution in [3.63, 3.8) is 0 Å². The lowest BCUT2D eigenvalue weighted by molar-refractivity contribution is -0.384. The van der Waals surface area contributed by atoms with E-state index in [4.69, 9.17) is 15.8 Å². The highest BCUT2D eigenvalue weighted by Crippen LogP contribution is 2.25. The normalized spacial score (nSPS) is 9.67. The molecule has 0 fully saturated rings. The third-order valence-electron chi connectivity index (χ3n) is 3.69. The van der Waals surface area contributed by atoms with Crippen molar-refractivity contribution in [2.75, 3.05) is 5.32 Å². The number of nitro benzene ring substituents is 1. The lowest BCUT2D eigenvalue weighted by atomic mass is 10.2. The number of benzene rings is 2. The maximum atomic E-state index is 10.9. The number of hydrogen-bond acceptors (Lipinski definition) is 7. The first-order chi connectivity index (χ1) is 13.0. The second-order valence-corrected chi connectivity index (χ2v) is 5.33. The lowest BCUT2D eigenvalue weighted by Gasteiger charge is -2.05. The number of non-ortho nitro benzene ring substituents is 1. The minimum atomic E-state index is -0.475. The van der Waals surface area contributed by atoms with Gasteiger partial charge < -0.3 is 10.3 Å². The zero-order valence-electron chi connectivity index (χ0n) is 13.6. The third-order valence-corrected chi connectivity index (χ3v) is 3.69. The fourth-order valence-electron chi connectivity index (χ4n) is 2.39. The lowest BCUT2D eigenvalue weighted by Crippen LogP contribution is -2.00. The molecule has 0 saturated carbocycles. The van der Waals surface area contributed by atoms with Crippen molar-refractivity contribution in [3.8, 4) is 29.6 Å². The Morgan fingerprint density at radius 2 is 1.78 bits per heavy atom. The number of nitrogens with one attached hydrogen (secondary N) is 2. The maximum absolute atomic E-state index is 10.9. The average molecular weight is 355 g/mol. The van der Waals surface area contributed by atoms with Gasteiger partial charge in [-0.25, -0.2) is 4.98 Å². The van der Waals surface area contributed by atoms with Crippen LogP contribution in [0.1, 0.15) is 0 Å². The number of nitriles is 3. The van der Waals surface area contributed by atoms with Gasteiger partial charge in [-0.15, -0.1) is 0 Å². The summed E-state index contributed by atoms with van der Waals surface area (Å²) in [5, 5.41) is 40.3. The summed E-state index contributed by atoms with van der Waals surface area (Å²) in [7, 11) is 0. The number of allylic oxidation sites excluding steroid dienone is 2. The molecule has 0 amide bonds. The van der Waals surface area contributed by atoms with Gasteiger partial charge in [-0.05, 0) is 30.3 Å². The molecule has 0 bridgehead atoms. The molecule has 0 spiro atoms. The second kappa shape index (κ2) is 7.06. The number of nitro groups is 1. The summed E-state index contributed by atoms with van der Waals surface area (Å²) in [4.78, 5) is 17.8. The van der Waals surface area contributed by atoms with Crippen LogP contribution in [0.4, 0.5) is 11.4 Å². The molecule has 0 unspecified atom stereocenters. The Morgan fingerprint density at radius 1 is 1.07 bits per heavy atom. The van der Waals surface area contributed by atoms with Gasteiger partial charge in [0.05, 0.1) is 16.0 Å². The summed E-state index contributed by atoms with van der Waals surface area (Å²) >= 11 is 0. The Morgan fingerprint density at radius 3 is 2.37 bits per heavy atom. The highest BCUT2D eigenvalue weighted by Gasteiger charge is 2.11. The van der Waals surface area contributed by atoms with E-state index in [9.17, 15) is 10.1 Å². The van der Waals surface area contributed by atoms with E-state index in [-0.39, 0.29) is 17.0 Å². The van der Waals surface area contributed by atoms with Crippen molar-refractivity contribution in [1.82, 2.24) is 9.97 Å². The number of anilines is 1. The molecule has 0 atom stereocenters. The van der Waals surface area contributed by atoms with E-state index in [1.165, 1.54) is 12.1 Å². The van der Waals surface area contributed by atoms with Crippen LogP contribution in [0, 0.1) is 44.1 Å². The van der Waals surface area contributed by atoms with Crippen LogP contribution >= 0.6 is 0 Å². The van der Waals surface area contributed by atoms with E-state index < -0.39 is 4.92 Å². The SMILES string of the molecule is N#CC(C#N)=C(C#N)Nc1ccc(-c2nc3ccc([N+](=O)[O-])cc3[nH]2)cc1. The van der Waals surface area contributed by atoms with Gasteiger partial charge in [0.2, 0.25) is 0 Å². The monoisotopic (exact) mass is 355 g/mol. The molecule has 0 aliphatic rings. The van der Waals surface area contributed by atoms with E-state index in [1.807, 2.05) is 0 Å². The summed E-state index contributed by atoms with van der Waals surface area (Å²) in [6, 6.07) is 16.2. The Labute approximate surface area is 152 Å². The van der Waals surface area contributed by atoms with Gasteiger partial charge in [-0.1, -0.05) is 0 Å². The van der Waals surface area contributed by atoms with Gasteiger partial charge in [-0.3, -0.25) is 10.1 Å². The number of fused-ring (bicyclic) bond motifs is 1. The van der Waals surface area contributed by atoms with Crippen molar-refractivity contribution in [1.29, 1.82) is 15.8 Å². The van der Waals surface area contributed by atoms with Gasteiger partial charge in [-0.2, -0.15) is 15.8 Å². The Balaban J connectivity index is 1.90. The Bertz CT molecular complexity index is 1190. The average Bonchev–Trinajstić information content (AvgIpc) is 3.11. The quantitative estimate of drug-likeness (QED) is 0.413. The van der Waals surface area contributed by atoms with E-state index in [0.29, 0.717) is 22.5 Å². The van der Waals surface area contributed by atoms with E-state index in [1.54, 1.807) is 48.5 Å². The molecular formula is C18H9N7O2. The molecule has 2 aromatic carbocycles. The molecule has 9 nitrogen and oxygen atoms in total. The van der Waals surface area contributed by atoms with Crippen molar-refractivity contribution < 1.29 is 4.92 Å². The molecule has 0 aliphatic carbocycles. The highest BCUT2D eigenvalue weighted by molar-refractivity contribution is 5.81. The number of imidazole rings is 1. The Hall–Kier alpha value is -4.68. The zero-order chi connectivity index (χ0) is 19.4. The van der Waals surface area contributed by atoms with E-state index in [0.717, 1.165) is 5.56 Å². The Kier molecular flexibility index (Phi) is 4.48. The second-order valence-electron chi connectivity index (χ2n) is 5.33. The summed E-state index contributed by atoms with van der Waals surface area (Å²) in [6.07, 6.45) is 0. The number of H-pyrrole nitrogens is 1. The molecule has 3 aromatic rings. The fraction of sp³-hybridized carbons (Fsp3) is 0. The molecule has 27 heavy (non-hydrogen) atoms.